The Kier molecular flexibility index (Phi) is 5.93. The molecule has 0 saturated heterocycles. The van der Waals surface area contributed by atoms with Crippen molar-refractivity contribution in [3.63, 3.8) is 0 Å². The molecule has 5 heteroatoms. The molecule has 0 aromatic heterocycles. The summed E-state index contributed by atoms with van der Waals surface area (Å²) in [5.41, 5.74) is 1.47. The van der Waals surface area contributed by atoms with Crippen molar-refractivity contribution in [1.82, 2.24) is 5.32 Å². The van der Waals surface area contributed by atoms with Crippen LogP contribution in [-0.4, -0.2) is 18.8 Å². The Morgan fingerprint density at radius 2 is 1.78 bits per heavy atom. The van der Waals surface area contributed by atoms with Crippen LogP contribution in [0.2, 0.25) is 0 Å². The zero-order valence-electron chi connectivity index (χ0n) is 13.0. The number of benzene rings is 2. The van der Waals surface area contributed by atoms with Gasteiger partial charge in [0.15, 0.2) is 5.78 Å². The molecule has 0 aliphatic rings. The van der Waals surface area contributed by atoms with Crippen LogP contribution >= 0.6 is 15.9 Å². The first-order valence-electron chi connectivity index (χ1n) is 7.20. The third-order valence-electron chi connectivity index (χ3n) is 3.46. The summed E-state index contributed by atoms with van der Waals surface area (Å²) in [5, 5.41) is 2.85. The lowest BCUT2D eigenvalue weighted by Gasteiger charge is -2.19. The average molecular weight is 376 g/mol. The molecule has 4 nitrogen and oxygen atoms in total. The SMILES string of the molecule is COc1ccc(C(=O)CC(NC(C)=O)c2ccccc2Br)cc1. The van der Waals surface area contributed by atoms with E-state index in [1.54, 1.807) is 31.4 Å². The summed E-state index contributed by atoms with van der Waals surface area (Å²) in [5.74, 6) is 0.487. The molecule has 0 heterocycles. The minimum absolute atomic E-state index is 0.0397. The van der Waals surface area contributed by atoms with Gasteiger partial charge in [-0.25, -0.2) is 0 Å². The predicted molar refractivity (Wildman–Crippen MR) is 92.6 cm³/mol. The van der Waals surface area contributed by atoms with E-state index in [0.29, 0.717) is 11.3 Å². The number of methoxy groups -OCH3 is 1. The van der Waals surface area contributed by atoms with E-state index >= 15 is 0 Å². The van der Waals surface area contributed by atoms with Gasteiger partial charge in [-0.2, -0.15) is 0 Å². The normalized spacial score (nSPS) is 11.6. The number of ether oxygens (including phenoxy) is 1. The van der Waals surface area contributed by atoms with E-state index in [9.17, 15) is 9.59 Å². The monoisotopic (exact) mass is 375 g/mol. The first-order chi connectivity index (χ1) is 11.0. The maximum atomic E-state index is 12.5. The molecule has 0 fully saturated rings. The molecule has 2 aromatic rings. The molecule has 2 rings (SSSR count). The molecule has 1 atom stereocenters. The van der Waals surface area contributed by atoms with E-state index in [2.05, 4.69) is 21.2 Å². The van der Waals surface area contributed by atoms with Crippen molar-refractivity contribution in [2.45, 2.75) is 19.4 Å². The first kappa shape index (κ1) is 17.2. The largest absolute Gasteiger partial charge is 0.497 e. The Balaban J connectivity index is 2.21. The Morgan fingerprint density at radius 3 is 2.35 bits per heavy atom. The van der Waals surface area contributed by atoms with E-state index < -0.39 is 0 Å². The maximum absolute atomic E-state index is 12.5. The second-order valence-corrected chi connectivity index (χ2v) is 5.98. The lowest BCUT2D eigenvalue weighted by Crippen LogP contribution is -2.28. The number of amides is 1. The van der Waals surface area contributed by atoms with E-state index in [1.165, 1.54) is 6.92 Å². The van der Waals surface area contributed by atoms with Gasteiger partial charge in [0.1, 0.15) is 5.75 Å². The summed E-state index contributed by atoms with van der Waals surface area (Å²) in [7, 11) is 1.58. The summed E-state index contributed by atoms with van der Waals surface area (Å²) in [6.07, 6.45) is 0.189. The number of nitrogens with one attached hydrogen (secondary N) is 1. The summed E-state index contributed by atoms with van der Waals surface area (Å²) < 4.78 is 5.96. The molecule has 0 radical (unpaired) electrons. The molecule has 120 valence electrons. The summed E-state index contributed by atoms with van der Waals surface area (Å²) in [6, 6.07) is 14.1. The van der Waals surface area contributed by atoms with Gasteiger partial charge in [-0.15, -0.1) is 0 Å². The van der Waals surface area contributed by atoms with Gasteiger partial charge in [0.25, 0.3) is 0 Å². The molecule has 1 amide bonds. The van der Waals surface area contributed by atoms with Crippen LogP contribution in [0.25, 0.3) is 0 Å². The quantitative estimate of drug-likeness (QED) is 0.778. The van der Waals surface area contributed by atoms with Crippen LogP contribution in [0.15, 0.2) is 53.0 Å². The van der Waals surface area contributed by atoms with Gasteiger partial charge in [-0.3, -0.25) is 9.59 Å². The molecule has 0 aliphatic heterocycles. The van der Waals surface area contributed by atoms with Crippen LogP contribution in [-0.2, 0) is 4.79 Å². The Bertz CT molecular complexity index is 698. The molecule has 1 N–H and O–H groups in total. The maximum Gasteiger partial charge on any atom is 0.217 e. The highest BCUT2D eigenvalue weighted by atomic mass is 79.9. The van der Waals surface area contributed by atoms with E-state index in [0.717, 1.165) is 10.0 Å². The Morgan fingerprint density at radius 1 is 1.13 bits per heavy atom. The lowest BCUT2D eigenvalue weighted by molar-refractivity contribution is -0.119. The smallest absolute Gasteiger partial charge is 0.217 e. The van der Waals surface area contributed by atoms with Gasteiger partial charge in [0.05, 0.1) is 13.2 Å². The van der Waals surface area contributed by atoms with E-state index in [4.69, 9.17) is 4.74 Å². The van der Waals surface area contributed by atoms with E-state index in [1.807, 2.05) is 24.3 Å². The van der Waals surface area contributed by atoms with Gasteiger partial charge in [0, 0.05) is 23.4 Å². The van der Waals surface area contributed by atoms with Crippen LogP contribution < -0.4 is 10.1 Å². The standard InChI is InChI=1S/C18H18BrNO3/c1-12(21)20-17(15-5-3-4-6-16(15)19)11-18(22)13-7-9-14(23-2)10-8-13/h3-10,17H,11H2,1-2H3,(H,20,21). The number of carbonyl (C=O) groups excluding carboxylic acids is 2. The lowest BCUT2D eigenvalue weighted by atomic mass is 9.98. The number of halogens is 1. The zero-order valence-corrected chi connectivity index (χ0v) is 14.6. The van der Waals surface area contributed by atoms with Crippen molar-refractivity contribution in [2.75, 3.05) is 7.11 Å². The number of hydrogen-bond donors (Lipinski definition) is 1. The molecular formula is C18H18BrNO3. The van der Waals surface area contributed by atoms with Gasteiger partial charge in [-0.05, 0) is 35.9 Å². The molecule has 0 bridgehead atoms. The summed E-state index contributed by atoms with van der Waals surface area (Å²) in [4.78, 5) is 24.0. The Hall–Kier alpha value is -2.14. The number of rotatable bonds is 6. The van der Waals surface area contributed by atoms with Crippen molar-refractivity contribution < 1.29 is 14.3 Å². The third kappa shape index (κ3) is 4.66. The van der Waals surface area contributed by atoms with Gasteiger partial charge >= 0.3 is 0 Å². The van der Waals surface area contributed by atoms with Gasteiger partial charge in [0.2, 0.25) is 5.91 Å². The van der Waals surface area contributed by atoms with Crippen molar-refractivity contribution in [3.8, 4) is 5.75 Å². The van der Waals surface area contributed by atoms with Crippen molar-refractivity contribution in [1.29, 1.82) is 0 Å². The fourth-order valence-electron chi connectivity index (χ4n) is 2.32. The highest BCUT2D eigenvalue weighted by Crippen LogP contribution is 2.27. The van der Waals surface area contributed by atoms with Crippen LogP contribution in [0.1, 0.15) is 35.3 Å². The summed E-state index contributed by atoms with van der Waals surface area (Å²) in [6.45, 7) is 1.45. The average Bonchev–Trinajstić information content (AvgIpc) is 2.54. The molecule has 23 heavy (non-hydrogen) atoms. The topological polar surface area (TPSA) is 55.4 Å². The van der Waals surface area contributed by atoms with Gasteiger partial charge in [-0.1, -0.05) is 34.1 Å². The third-order valence-corrected chi connectivity index (χ3v) is 4.18. The van der Waals surface area contributed by atoms with Crippen molar-refractivity contribution in [3.05, 3.63) is 64.1 Å². The van der Waals surface area contributed by atoms with Gasteiger partial charge < -0.3 is 10.1 Å². The minimum atomic E-state index is -0.377. The van der Waals surface area contributed by atoms with Crippen LogP contribution in [0.4, 0.5) is 0 Å². The zero-order chi connectivity index (χ0) is 16.8. The predicted octanol–water partition coefficient (Wildman–Crippen LogP) is 3.91. The second kappa shape index (κ2) is 7.92. The van der Waals surface area contributed by atoms with Crippen LogP contribution in [0, 0.1) is 0 Å². The van der Waals surface area contributed by atoms with Crippen molar-refractivity contribution in [2.24, 2.45) is 0 Å². The number of hydrogen-bond acceptors (Lipinski definition) is 3. The number of Topliss-reactive ketones (excluding diaryl/α,β-unsaturated/α-hetero) is 1. The Labute approximate surface area is 144 Å². The fourth-order valence-corrected chi connectivity index (χ4v) is 2.88. The highest BCUT2D eigenvalue weighted by molar-refractivity contribution is 9.10. The molecule has 0 saturated carbocycles. The number of carbonyl (C=O) groups is 2. The summed E-state index contributed by atoms with van der Waals surface area (Å²) >= 11 is 3.47. The molecule has 0 aliphatic carbocycles. The second-order valence-electron chi connectivity index (χ2n) is 5.13. The minimum Gasteiger partial charge on any atom is -0.497 e. The molecule has 1 unspecified atom stereocenters. The first-order valence-corrected chi connectivity index (χ1v) is 7.99. The highest BCUT2D eigenvalue weighted by Gasteiger charge is 2.20. The molecule has 2 aromatic carbocycles. The van der Waals surface area contributed by atoms with Crippen molar-refractivity contribution >= 4 is 27.6 Å². The molecule has 0 spiro atoms. The van der Waals surface area contributed by atoms with E-state index in [-0.39, 0.29) is 24.2 Å². The fraction of sp³-hybridized carbons (Fsp3) is 0.222. The van der Waals surface area contributed by atoms with Crippen LogP contribution in [0.5, 0.6) is 5.75 Å². The number of ketones is 1. The van der Waals surface area contributed by atoms with Crippen LogP contribution in [0.3, 0.4) is 0 Å². The molecular weight excluding hydrogens is 358 g/mol.